The summed E-state index contributed by atoms with van der Waals surface area (Å²) in [6.07, 6.45) is 0.992. The Hall–Kier alpha value is -3.33. The number of hydrogen-bond acceptors (Lipinski definition) is 5. The smallest absolute Gasteiger partial charge is 0.268 e. The Kier molecular flexibility index (Phi) is 6.65. The van der Waals surface area contributed by atoms with Gasteiger partial charge in [0.05, 0.1) is 23.4 Å². The van der Waals surface area contributed by atoms with Gasteiger partial charge in [0.25, 0.3) is 5.56 Å². The van der Waals surface area contributed by atoms with Gasteiger partial charge in [-0.1, -0.05) is 19.9 Å². The van der Waals surface area contributed by atoms with Gasteiger partial charge in [-0.15, -0.1) is 11.3 Å². The molecule has 0 saturated carbocycles. The lowest BCUT2D eigenvalue weighted by atomic mass is 10.1. The van der Waals surface area contributed by atoms with E-state index in [9.17, 15) is 14.0 Å². The number of amides is 1. The summed E-state index contributed by atoms with van der Waals surface area (Å²) in [5.41, 5.74) is 3.96. The number of nitrogens with one attached hydrogen (secondary N) is 1. The van der Waals surface area contributed by atoms with Crippen molar-refractivity contribution in [2.75, 3.05) is 6.54 Å². The molecule has 0 aliphatic rings. The van der Waals surface area contributed by atoms with Crippen molar-refractivity contribution in [2.24, 2.45) is 5.92 Å². The van der Waals surface area contributed by atoms with Crippen LogP contribution in [0.1, 0.15) is 42.9 Å². The maximum atomic E-state index is 13.9. The molecule has 0 aliphatic carbocycles. The van der Waals surface area contributed by atoms with Gasteiger partial charge in [0.2, 0.25) is 5.91 Å². The first-order chi connectivity index (χ1) is 16.2. The van der Waals surface area contributed by atoms with Crippen LogP contribution in [0.5, 0.6) is 0 Å². The van der Waals surface area contributed by atoms with Crippen LogP contribution < -0.4 is 10.9 Å². The lowest BCUT2D eigenvalue weighted by Crippen LogP contribution is -2.28. The van der Waals surface area contributed by atoms with E-state index in [-0.39, 0.29) is 23.7 Å². The van der Waals surface area contributed by atoms with Crippen molar-refractivity contribution in [2.45, 2.75) is 47.5 Å². The summed E-state index contributed by atoms with van der Waals surface area (Å²) in [5, 5.41) is 9.35. The second kappa shape index (κ2) is 9.50. The number of nitrogens with zero attached hydrogens (tertiary/aromatic N) is 4. The fourth-order valence-electron chi connectivity index (χ4n) is 3.90. The number of aryl methyl sites for hydroxylation is 3. The van der Waals surface area contributed by atoms with E-state index in [2.05, 4.69) is 29.2 Å². The standard InChI is InChI=1S/C25H28FN5O2S/c1-14(2)8-9-27-22(32)12-19-13-34-25-28-17(5)23(24(33)30(19)25)20-10-16(4)31(29-20)21-11-18(26)7-6-15(21)3/h6-7,10-11,13-14H,8-9,12H2,1-5H3,(H,27,32). The second-order valence-electron chi connectivity index (χ2n) is 8.95. The third-order valence-electron chi connectivity index (χ3n) is 5.75. The fraction of sp³-hybridized carbons (Fsp3) is 0.360. The van der Waals surface area contributed by atoms with Crippen LogP contribution in [0.3, 0.4) is 0 Å². The molecular weight excluding hydrogens is 453 g/mol. The monoisotopic (exact) mass is 481 g/mol. The van der Waals surface area contributed by atoms with Gasteiger partial charge < -0.3 is 5.32 Å². The number of thiazole rings is 1. The third kappa shape index (κ3) is 4.65. The Labute approximate surface area is 201 Å². The highest BCUT2D eigenvalue weighted by Crippen LogP contribution is 2.25. The highest BCUT2D eigenvalue weighted by molar-refractivity contribution is 7.15. The first kappa shape index (κ1) is 23.8. The van der Waals surface area contributed by atoms with E-state index < -0.39 is 0 Å². The molecule has 9 heteroatoms. The maximum absolute atomic E-state index is 13.9. The fourth-order valence-corrected chi connectivity index (χ4v) is 4.83. The van der Waals surface area contributed by atoms with Crippen LogP contribution in [0, 0.1) is 32.5 Å². The normalized spacial score (nSPS) is 11.5. The highest BCUT2D eigenvalue weighted by atomic mass is 32.1. The van der Waals surface area contributed by atoms with Crippen molar-refractivity contribution in [3.63, 3.8) is 0 Å². The highest BCUT2D eigenvalue weighted by Gasteiger charge is 2.20. The van der Waals surface area contributed by atoms with Crippen molar-refractivity contribution >= 4 is 22.2 Å². The van der Waals surface area contributed by atoms with Crippen molar-refractivity contribution in [1.29, 1.82) is 0 Å². The molecule has 3 heterocycles. The number of aromatic nitrogens is 4. The van der Waals surface area contributed by atoms with Crippen LogP contribution in [0.25, 0.3) is 21.9 Å². The van der Waals surface area contributed by atoms with Crippen LogP contribution in [-0.4, -0.2) is 31.6 Å². The molecule has 4 aromatic rings. The molecular formula is C25H28FN5O2S. The van der Waals surface area contributed by atoms with Gasteiger partial charge in [0, 0.05) is 23.3 Å². The quantitative estimate of drug-likeness (QED) is 0.425. The van der Waals surface area contributed by atoms with E-state index in [0.29, 0.717) is 45.8 Å². The Morgan fingerprint density at radius 3 is 2.71 bits per heavy atom. The average Bonchev–Trinajstić information content (AvgIpc) is 3.33. The minimum atomic E-state index is -0.356. The van der Waals surface area contributed by atoms with Gasteiger partial charge in [0.15, 0.2) is 4.96 Å². The molecule has 0 spiro atoms. The lowest BCUT2D eigenvalue weighted by Gasteiger charge is -2.09. The molecule has 4 rings (SSSR count). The summed E-state index contributed by atoms with van der Waals surface area (Å²) >= 11 is 1.33. The van der Waals surface area contributed by atoms with Gasteiger partial charge in [-0.25, -0.2) is 14.1 Å². The van der Waals surface area contributed by atoms with Crippen LogP contribution in [-0.2, 0) is 11.2 Å². The zero-order chi connectivity index (χ0) is 24.6. The van der Waals surface area contributed by atoms with Crippen LogP contribution in [0.15, 0.2) is 34.4 Å². The van der Waals surface area contributed by atoms with Crippen LogP contribution >= 0.6 is 11.3 Å². The molecule has 0 bridgehead atoms. The molecule has 1 aromatic carbocycles. The number of halogens is 1. The van der Waals surface area contributed by atoms with E-state index in [1.54, 1.807) is 29.1 Å². The van der Waals surface area contributed by atoms with Gasteiger partial charge in [-0.05, 0) is 56.9 Å². The summed E-state index contributed by atoms with van der Waals surface area (Å²) < 4.78 is 17.0. The Bertz CT molecular complexity index is 1430. The van der Waals surface area contributed by atoms with Crippen molar-refractivity contribution in [1.82, 2.24) is 24.5 Å². The maximum Gasteiger partial charge on any atom is 0.268 e. The Morgan fingerprint density at radius 2 is 1.97 bits per heavy atom. The molecule has 3 aromatic heterocycles. The van der Waals surface area contributed by atoms with E-state index in [0.717, 1.165) is 17.7 Å². The Morgan fingerprint density at radius 1 is 1.21 bits per heavy atom. The van der Waals surface area contributed by atoms with E-state index >= 15 is 0 Å². The topological polar surface area (TPSA) is 81.3 Å². The minimum absolute atomic E-state index is 0.0954. The molecule has 1 amide bonds. The van der Waals surface area contributed by atoms with E-state index in [4.69, 9.17) is 0 Å². The zero-order valence-corrected chi connectivity index (χ0v) is 20.8. The number of hydrogen-bond donors (Lipinski definition) is 1. The lowest BCUT2D eigenvalue weighted by molar-refractivity contribution is -0.120. The minimum Gasteiger partial charge on any atom is -0.356 e. The number of carbonyl (C=O) groups excluding carboxylic acids is 1. The van der Waals surface area contributed by atoms with Crippen molar-refractivity contribution in [3.05, 3.63) is 68.5 Å². The number of fused-ring (bicyclic) bond motifs is 1. The first-order valence-corrected chi connectivity index (χ1v) is 12.1. The summed E-state index contributed by atoms with van der Waals surface area (Å²) in [6, 6.07) is 6.33. The van der Waals surface area contributed by atoms with Crippen molar-refractivity contribution < 1.29 is 9.18 Å². The molecule has 34 heavy (non-hydrogen) atoms. The van der Waals surface area contributed by atoms with E-state index in [1.807, 2.05) is 13.8 Å². The van der Waals surface area contributed by atoms with Crippen molar-refractivity contribution in [3.8, 4) is 16.9 Å². The van der Waals surface area contributed by atoms with Crippen LogP contribution in [0.4, 0.5) is 4.39 Å². The molecule has 1 N–H and O–H groups in total. The van der Waals surface area contributed by atoms with E-state index in [1.165, 1.54) is 27.9 Å². The molecule has 0 saturated heterocycles. The van der Waals surface area contributed by atoms with Gasteiger partial charge >= 0.3 is 0 Å². The molecule has 178 valence electrons. The molecule has 0 unspecified atom stereocenters. The third-order valence-corrected chi connectivity index (χ3v) is 6.62. The average molecular weight is 482 g/mol. The number of carbonyl (C=O) groups is 1. The molecule has 0 radical (unpaired) electrons. The van der Waals surface area contributed by atoms with Crippen LogP contribution in [0.2, 0.25) is 0 Å². The zero-order valence-electron chi connectivity index (χ0n) is 20.0. The number of rotatable bonds is 7. The summed E-state index contributed by atoms with van der Waals surface area (Å²) in [7, 11) is 0. The molecule has 0 fully saturated rings. The molecule has 0 atom stereocenters. The van der Waals surface area contributed by atoms with Gasteiger partial charge in [-0.2, -0.15) is 5.10 Å². The summed E-state index contributed by atoms with van der Waals surface area (Å²) in [5.74, 6) is 0.0149. The predicted octanol–water partition coefficient (Wildman–Crippen LogP) is 4.38. The second-order valence-corrected chi connectivity index (χ2v) is 9.78. The SMILES string of the molecule is Cc1ccc(F)cc1-n1nc(-c2c(C)nc3scc(CC(=O)NCCC(C)C)n3c2=O)cc1C. The molecule has 0 aliphatic heterocycles. The predicted molar refractivity (Wildman–Crippen MR) is 132 cm³/mol. The first-order valence-electron chi connectivity index (χ1n) is 11.3. The Balaban J connectivity index is 1.73. The summed E-state index contributed by atoms with van der Waals surface area (Å²) in [4.78, 5) is 31.2. The van der Waals surface area contributed by atoms with Gasteiger partial charge in [0.1, 0.15) is 11.5 Å². The molecule has 7 nitrogen and oxygen atoms in total. The van der Waals surface area contributed by atoms with Gasteiger partial charge in [-0.3, -0.25) is 14.0 Å². The summed E-state index contributed by atoms with van der Waals surface area (Å²) in [6.45, 7) is 10.3. The number of benzene rings is 1. The largest absolute Gasteiger partial charge is 0.356 e.